The first-order valence-electron chi connectivity index (χ1n) is 5.97. The molecule has 0 bridgehead atoms. The first kappa shape index (κ1) is 12.6. The molecule has 4 nitrogen and oxygen atoms in total. The monoisotopic (exact) mass is 285 g/mol. The highest BCUT2D eigenvalue weighted by atomic mass is 32.1. The summed E-state index contributed by atoms with van der Waals surface area (Å²) in [6.45, 7) is 0. The van der Waals surface area contributed by atoms with E-state index in [1.165, 1.54) is 11.3 Å². The Labute approximate surface area is 120 Å². The lowest BCUT2D eigenvalue weighted by Crippen LogP contribution is -2.03. The molecule has 1 aromatic heterocycles. The molecule has 0 unspecified atom stereocenters. The zero-order chi connectivity index (χ0) is 13.9. The van der Waals surface area contributed by atoms with E-state index >= 15 is 0 Å². The van der Waals surface area contributed by atoms with E-state index in [4.69, 9.17) is 9.47 Å². The fourth-order valence-electron chi connectivity index (χ4n) is 1.77. The van der Waals surface area contributed by atoms with Gasteiger partial charge in [-0.15, -0.1) is 11.3 Å². The average molecular weight is 285 g/mol. The quantitative estimate of drug-likeness (QED) is 0.643. The number of esters is 1. The van der Waals surface area contributed by atoms with Crippen molar-refractivity contribution >= 4 is 29.3 Å². The number of cyclic esters (lactones) is 1. The van der Waals surface area contributed by atoms with Gasteiger partial charge in [0.2, 0.25) is 5.90 Å². The molecule has 1 aliphatic rings. The summed E-state index contributed by atoms with van der Waals surface area (Å²) in [5.74, 6) is 0.706. The molecule has 0 spiro atoms. The predicted molar refractivity (Wildman–Crippen MR) is 77.9 cm³/mol. The number of rotatable bonds is 3. The van der Waals surface area contributed by atoms with Crippen molar-refractivity contribution in [2.75, 3.05) is 7.11 Å². The Balaban J connectivity index is 1.88. The van der Waals surface area contributed by atoms with Crippen molar-refractivity contribution in [2.24, 2.45) is 4.99 Å². The Morgan fingerprint density at radius 3 is 2.70 bits per heavy atom. The van der Waals surface area contributed by atoms with Gasteiger partial charge in [0.15, 0.2) is 5.70 Å². The van der Waals surface area contributed by atoms with E-state index in [0.717, 1.165) is 16.2 Å². The maximum Gasteiger partial charge on any atom is 0.363 e. The first-order chi connectivity index (χ1) is 9.76. The molecule has 0 saturated carbocycles. The minimum atomic E-state index is -0.427. The van der Waals surface area contributed by atoms with E-state index < -0.39 is 5.97 Å². The van der Waals surface area contributed by atoms with Gasteiger partial charge >= 0.3 is 5.97 Å². The molecular formula is C15H11NO3S. The zero-order valence-corrected chi connectivity index (χ0v) is 11.5. The van der Waals surface area contributed by atoms with Gasteiger partial charge in [-0.05, 0) is 35.2 Å². The van der Waals surface area contributed by atoms with E-state index in [9.17, 15) is 4.79 Å². The molecule has 0 amide bonds. The Morgan fingerprint density at radius 1 is 1.25 bits per heavy atom. The predicted octanol–water partition coefficient (Wildman–Crippen LogP) is 3.10. The van der Waals surface area contributed by atoms with Crippen LogP contribution < -0.4 is 4.74 Å². The fourth-order valence-corrected chi connectivity index (χ4v) is 2.42. The number of nitrogens with zero attached hydrogens (tertiary/aromatic N) is 1. The van der Waals surface area contributed by atoms with Crippen molar-refractivity contribution in [1.29, 1.82) is 0 Å². The van der Waals surface area contributed by atoms with Gasteiger partial charge in [-0.1, -0.05) is 18.2 Å². The van der Waals surface area contributed by atoms with Crippen LogP contribution in [0.5, 0.6) is 5.75 Å². The fraction of sp³-hybridized carbons (Fsp3) is 0.0667. The highest BCUT2D eigenvalue weighted by Crippen LogP contribution is 2.22. The second-order valence-electron chi connectivity index (χ2n) is 4.09. The summed E-state index contributed by atoms with van der Waals surface area (Å²) in [7, 11) is 1.61. The third kappa shape index (κ3) is 2.48. The van der Waals surface area contributed by atoms with Crippen LogP contribution in [0.15, 0.2) is 52.5 Å². The molecule has 3 rings (SSSR count). The lowest BCUT2D eigenvalue weighted by molar-refractivity contribution is -0.129. The van der Waals surface area contributed by atoms with Gasteiger partial charge in [0.25, 0.3) is 0 Å². The number of hydrogen-bond donors (Lipinski definition) is 0. The average Bonchev–Trinajstić information content (AvgIpc) is 3.10. The molecule has 0 saturated heterocycles. The van der Waals surface area contributed by atoms with E-state index in [2.05, 4.69) is 4.99 Å². The number of hydrogen-bond acceptors (Lipinski definition) is 5. The smallest absolute Gasteiger partial charge is 0.363 e. The van der Waals surface area contributed by atoms with Crippen LogP contribution in [-0.2, 0) is 9.53 Å². The topological polar surface area (TPSA) is 47.9 Å². The normalized spacial score (nSPS) is 16.1. The second kappa shape index (κ2) is 5.30. The van der Waals surface area contributed by atoms with Gasteiger partial charge in [-0.2, -0.15) is 0 Å². The highest BCUT2D eigenvalue weighted by Gasteiger charge is 2.24. The Kier molecular flexibility index (Phi) is 3.35. The minimum absolute atomic E-state index is 0.304. The second-order valence-corrected chi connectivity index (χ2v) is 5.03. The number of benzene rings is 1. The van der Waals surface area contributed by atoms with Crippen LogP contribution >= 0.6 is 11.3 Å². The van der Waals surface area contributed by atoms with Gasteiger partial charge in [0.05, 0.1) is 12.0 Å². The summed E-state index contributed by atoms with van der Waals surface area (Å²) in [4.78, 5) is 16.9. The lowest BCUT2D eigenvalue weighted by Gasteiger charge is -1.99. The molecule has 0 aliphatic carbocycles. The third-order valence-electron chi connectivity index (χ3n) is 2.77. The van der Waals surface area contributed by atoms with E-state index in [1.807, 2.05) is 41.8 Å². The number of carbonyl (C=O) groups excluding carboxylic acids is 1. The molecule has 2 aromatic rings. The number of carbonyl (C=O) groups is 1. The van der Waals surface area contributed by atoms with Crippen LogP contribution in [0.2, 0.25) is 0 Å². The van der Waals surface area contributed by atoms with Crippen molar-refractivity contribution in [2.45, 2.75) is 0 Å². The molecular weight excluding hydrogens is 274 g/mol. The molecule has 0 atom stereocenters. The maximum absolute atomic E-state index is 11.8. The van der Waals surface area contributed by atoms with Gasteiger partial charge in [-0.3, -0.25) is 0 Å². The van der Waals surface area contributed by atoms with Gasteiger partial charge < -0.3 is 9.47 Å². The summed E-state index contributed by atoms with van der Waals surface area (Å²) in [6, 6.07) is 11.1. The van der Waals surface area contributed by atoms with E-state index in [0.29, 0.717) is 11.6 Å². The Bertz CT molecular complexity index is 684. The molecule has 5 heteroatoms. The van der Waals surface area contributed by atoms with Crippen LogP contribution in [0.4, 0.5) is 0 Å². The van der Waals surface area contributed by atoms with Crippen molar-refractivity contribution in [3.05, 3.63) is 57.9 Å². The molecule has 0 N–H and O–H groups in total. The number of ether oxygens (including phenoxy) is 2. The van der Waals surface area contributed by atoms with Crippen molar-refractivity contribution in [1.82, 2.24) is 0 Å². The molecule has 1 aromatic carbocycles. The number of thiophene rings is 1. The largest absolute Gasteiger partial charge is 0.497 e. The molecule has 20 heavy (non-hydrogen) atoms. The van der Waals surface area contributed by atoms with Gasteiger partial charge in [0.1, 0.15) is 5.75 Å². The zero-order valence-electron chi connectivity index (χ0n) is 10.7. The Morgan fingerprint density at radius 2 is 2.05 bits per heavy atom. The highest BCUT2D eigenvalue weighted by molar-refractivity contribution is 7.12. The van der Waals surface area contributed by atoms with E-state index in [-0.39, 0.29) is 0 Å². The van der Waals surface area contributed by atoms with Crippen LogP contribution in [0, 0.1) is 0 Å². The molecule has 1 aliphatic heterocycles. The van der Waals surface area contributed by atoms with Crippen molar-refractivity contribution < 1.29 is 14.3 Å². The van der Waals surface area contributed by atoms with Crippen LogP contribution in [0.3, 0.4) is 0 Å². The molecule has 100 valence electrons. The van der Waals surface area contributed by atoms with Gasteiger partial charge in [0, 0.05) is 0 Å². The molecule has 0 fully saturated rings. The number of aliphatic imine (C=N–C) groups is 1. The van der Waals surface area contributed by atoms with Crippen molar-refractivity contribution in [3.63, 3.8) is 0 Å². The van der Waals surface area contributed by atoms with Crippen LogP contribution in [0.25, 0.3) is 6.08 Å². The third-order valence-corrected chi connectivity index (χ3v) is 3.63. The van der Waals surface area contributed by atoms with Crippen molar-refractivity contribution in [3.8, 4) is 5.75 Å². The summed E-state index contributed by atoms with van der Waals surface area (Å²) in [5.41, 5.74) is 1.17. The standard InChI is InChI=1S/C15H11NO3S/c1-18-11-6-4-10(5-7-11)9-12-15(17)19-14(16-12)13-3-2-8-20-13/h2-9H,1H3. The summed E-state index contributed by atoms with van der Waals surface area (Å²) in [5, 5.41) is 1.91. The Hall–Kier alpha value is -2.40. The SMILES string of the molecule is COc1ccc(C=C2N=C(c3cccs3)OC2=O)cc1. The van der Waals surface area contributed by atoms with Crippen LogP contribution in [0.1, 0.15) is 10.4 Å². The lowest BCUT2D eigenvalue weighted by atomic mass is 10.2. The maximum atomic E-state index is 11.8. The van der Waals surface area contributed by atoms with Gasteiger partial charge in [-0.25, -0.2) is 9.79 Å². The summed E-state index contributed by atoms with van der Waals surface area (Å²) < 4.78 is 10.3. The van der Waals surface area contributed by atoms with Crippen LogP contribution in [-0.4, -0.2) is 19.0 Å². The summed E-state index contributed by atoms with van der Waals surface area (Å²) in [6.07, 6.45) is 1.70. The number of methoxy groups -OCH3 is 1. The first-order valence-corrected chi connectivity index (χ1v) is 6.85. The molecule has 2 heterocycles. The minimum Gasteiger partial charge on any atom is -0.497 e. The van der Waals surface area contributed by atoms with E-state index in [1.54, 1.807) is 13.2 Å². The summed E-state index contributed by atoms with van der Waals surface area (Å²) >= 11 is 1.48. The molecule has 0 radical (unpaired) electrons.